The molecular formula is C32H58O3Si. The molecule has 4 saturated carbocycles. The van der Waals surface area contributed by atoms with Gasteiger partial charge in [0.2, 0.25) is 0 Å². The predicted molar refractivity (Wildman–Crippen MR) is 152 cm³/mol. The van der Waals surface area contributed by atoms with Crippen LogP contribution in [-0.2, 0) is 14.0 Å². The summed E-state index contributed by atoms with van der Waals surface area (Å²) in [6, 6.07) is 0. The van der Waals surface area contributed by atoms with Crippen molar-refractivity contribution in [1.82, 2.24) is 0 Å². The third-order valence-electron chi connectivity index (χ3n) is 13.0. The Morgan fingerprint density at radius 3 is 2.28 bits per heavy atom. The highest BCUT2D eigenvalue weighted by Crippen LogP contribution is 2.69. The summed E-state index contributed by atoms with van der Waals surface area (Å²) in [5, 5.41) is 0.252. The van der Waals surface area contributed by atoms with Crippen LogP contribution in [-0.4, -0.2) is 27.5 Å². The van der Waals surface area contributed by atoms with Crippen molar-refractivity contribution in [3.63, 3.8) is 0 Å². The molecule has 0 aromatic carbocycles. The summed E-state index contributed by atoms with van der Waals surface area (Å²) in [7, 11) is -0.334. The second kappa shape index (κ2) is 9.99. The fraction of sp³-hybridized carbons (Fsp3) is 0.969. The lowest BCUT2D eigenvalue weighted by molar-refractivity contribution is -0.165. The van der Waals surface area contributed by atoms with E-state index < -0.39 is 8.32 Å². The van der Waals surface area contributed by atoms with E-state index in [0.29, 0.717) is 35.2 Å². The monoisotopic (exact) mass is 518 g/mol. The standard InChI is InChI=1S/C32H58O3Si/c1-21-15-17-31(6)23(19-21)20-27(35-36(9,10)30(3,4)5)29-25-13-12-24(22(2)11-14-28(33)34-8)32(25,7)18-16-26(29)31/h21-27,29H,11-20H2,1-10H3/t21-,22-,23+,24-,25+,26+,27-,29+,31+,32-/m1/s1. The molecule has 0 N–H and O–H groups in total. The summed E-state index contributed by atoms with van der Waals surface area (Å²) in [5.74, 6) is 5.26. The van der Waals surface area contributed by atoms with Gasteiger partial charge < -0.3 is 9.16 Å². The molecule has 3 nitrogen and oxygen atoms in total. The summed E-state index contributed by atoms with van der Waals surface area (Å²) in [5.41, 5.74) is 0.886. The summed E-state index contributed by atoms with van der Waals surface area (Å²) in [6.45, 7) is 22.4. The molecule has 4 heteroatoms. The molecule has 4 rings (SSSR count). The molecule has 36 heavy (non-hydrogen) atoms. The molecule has 0 unspecified atom stereocenters. The third kappa shape index (κ3) is 4.89. The number of methoxy groups -OCH3 is 1. The largest absolute Gasteiger partial charge is 0.469 e. The van der Waals surface area contributed by atoms with E-state index in [-0.39, 0.29) is 11.0 Å². The van der Waals surface area contributed by atoms with Gasteiger partial charge in [-0.2, -0.15) is 0 Å². The van der Waals surface area contributed by atoms with Gasteiger partial charge in [-0.05, 0) is 122 Å². The third-order valence-corrected chi connectivity index (χ3v) is 17.5. The Morgan fingerprint density at radius 1 is 1.00 bits per heavy atom. The van der Waals surface area contributed by atoms with Gasteiger partial charge in [0.15, 0.2) is 8.32 Å². The van der Waals surface area contributed by atoms with Crippen molar-refractivity contribution in [2.45, 2.75) is 137 Å². The summed E-state index contributed by atoms with van der Waals surface area (Å²) >= 11 is 0. The van der Waals surface area contributed by atoms with Gasteiger partial charge in [-0.15, -0.1) is 0 Å². The van der Waals surface area contributed by atoms with E-state index in [1.165, 1.54) is 58.5 Å². The number of rotatable bonds is 6. The molecule has 0 heterocycles. The van der Waals surface area contributed by atoms with Gasteiger partial charge in [0.25, 0.3) is 0 Å². The minimum absolute atomic E-state index is 0.0501. The highest BCUT2D eigenvalue weighted by atomic mass is 28.4. The Bertz CT molecular complexity index is 802. The average Bonchev–Trinajstić information content (AvgIpc) is 3.14. The summed E-state index contributed by atoms with van der Waals surface area (Å²) in [6.07, 6.45) is 13.0. The first-order chi connectivity index (χ1) is 16.6. The number of esters is 1. The first-order valence-electron chi connectivity index (χ1n) is 15.4. The van der Waals surface area contributed by atoms with Crippen LogP contribution in [0.3, 0.4) is 0 Å². The second-order valence-electron chi connectivity index (χ2n) is 15.8. The van der Waals surface area contributed by atoms with Crippen LogP contribution in [0.25, 0.3) is 0 Å². The SMILES string of the molecule is COC(=O)CC[C@@H](C)[C@H]1CC[C@H]2[C@@H]3[C@H](O[Si](C)(C)C(C)(C)C)C[C@@H]4C[C@H](C)CC[C@]4(C)[C@H]3CC[C@]12C. The normalized spacial score (nSPS) is 43.8. The smallest absolute Gasteiger partial charge is 0.305 e. The van der Waals surface area contributed by atoms with Gasteiger partial charge in [-0.3, -0.25) is 4.79 Å². The fourth-order valence-electron chi connectivity index (χ4n) is 9.71. The average molecular weight is 519 g/mol. The molecule has 4 aliphatic rings. The van der Waals surface area contributed by atoms with E-state index in [9.17, 15) is 4.79 Å². The van der Waals surface area contributed by atoms with Gasteiger partial charge in [-0.1, -0.05) is 54.9 Å². The number of hydrogen-bond acceptors (Lipinski definition) is 3. The van der Waals surface area contributed by atoms with Crippen LogP contribution < -0.4 is 0 Å². The molecule has 0 saturated heterocycles. The van der Waals surface area contributed by atoms with Crippen LogP contribution in [0, 0.1) is 52.3 Å². The highest BCUT2D eigenvalue weighted by Gasteiger charge is 2.63. The number of carbonyl (C=O) groups excluding carboxylic acids is 1. The van der Waals surface area contributed by atoms with Crippen LogP contribution in [0.4, 0.5) is 0 Å². The van der Waals surface area contributed by atoms with Crippen molar-refractivity contribution < 1.29 is 14.0 Å². The molecule has 0 radical (unpaired) electrons. The lowest BCUT2D eigenvalue weighted by Gasteiger charge is -2.64. The van der Waals surface area contributed by atoms with Crippen molar-refractivity contribution in [2.24, 2.45) is 52.3 Å². The van der Waals surface area contributed by atoms with Crippen LogP contribution in [0.5, 0.6) is 0 Å². The lowest BCUT2D eigenvalue weighted by atomic mass is 9.43. The van der Waals surface area contributed by atoms with E-state index >= 15 is 0 Å². The van der Waals surface area contributed by atoms with E-state index in [2.05, 4.69) is 61.6 Å². The topological polar surface area (TPSA) is 35.5 Å². The van der Waals surface area contributed by atoms with Gasteiger partial charge in [-0.25, -0.2) is 0 Å². The Labute approximate surface area is 224 Å². The van der Waals surface area contributed by atoms with E-state index in [1.807, 2.05) is 0 Å². The molecule has 0 spiro atoms. The minimum atomic E-state index is -1.85. The zero-order valence-corrected chi connectivity index (χ0v) is 26.4. The number of fused-ring (bicyclic) bond motifs is 5. The molecular weight excluding hydrogens is 460 g/mol. The lowest BCUT2D eigenvalue weighted by Crippen LogP contribution is -2.60. The quantitative estimate of drug-likeness (QED) is 0.260. The minimum Gasteiger partial charge on any atom is -0.469 e. The maximum atomic E-state index is 11.9. The zero-order valence-electron chi connectivity index (χ0n) is 25.4. The number of carbonyl (C=O) groups is 1. The van der Waals surface area contributed by atoms with Crippen molar-refractivity contribution in [3.8, 4) is 0 Å². The van der Waals surface area contributed by atoms with E-state index in [0.717, 1.165) is 36.0 Å². The first-order valence-corrected chi connectivity index (χ1v) is 18.3. The van der Waals surface area contributed by atoms with E-state index in [4.69, 9.17) is 9.16 Å². The molecule has 0 aromatic rings. The van der Waals surface area contributed by atoms with Crippen molar-refractivity contribution in [2.75, 3.05) is 7.11 Å². The maximum Gasteiger partial charge on any atom is 0.305 e. The van der Waals surface area contributed by atoms with Gasteiger partial charge in [0, 0.05) is 12.5 Å². The van der Waals surface area contributed by atoms with E-state index in [1.54, 1.807) is 0 Å². The molecule has 0 aromatic heterocycles. The number of ether oxygens (including phenoxy) is 1. The predicted octanol–water partition coefficient (Wildman–Crippen LogP) is 8.87. The van der Waals surface area contributed by atoms with Crippen LogP contribution in [0.15, 0.2) is 0 Å². The molecule has 0 aliphatic heterocycles. The zero-order chi connectivity index (χ0) is 26.7. The van der Waals surface area contributed by atoms with Crippen LogP contribution in [0.2, 0.25) is 18.1 Å². The fourth-order valence-corrected chi connectivity index (χ4v) is 11.1. The Hall–Kier alpha value is -0.353. The molecule has 0 bridgehead atoms. The van der Waals surface area contributed by atoms with Gasteiger partial charge >= 0.3 is 5.97 Å². The highest BCUT2D eigenvalue weighted by molar-refractivity contribution is 6.74. The first kappa shape index (κ1) is 28.6. The molecule has 208 valence electrons. The molecule has 4 aliphatic carbocycles. The summed E-state index contributed by atoms with van der Waals surface area (Å²) < 4.78 is 12.4. The van der Waals surface area contributed by atoms with Crippen molar-refractivity contribution in [1.29, 1.82) is 0 Å². The second-order valence-corrected chi connectivity index (χ2v) is 20.6. The van der Waals surface area contributed by atoms with Crippen LogP contribution in [0.1, 0.15) is 113 Å². The van der Waals surface area contributed by atoms with Crippen LogP contribution >= 0.6 is 0 Å². The Balaban J connectivity index is 1.64. The van der Waals surface area contributed by atoms with Crippen molar-refractivity contribution in [3.05, 3.63) is 0 Å². The maximum absolute atomic E-state index is 11.9. The van der Waals surface area contributed by atoms with Gasteiger partial charge in [0.1, 0.15) is 0 Å². The van der Waals surface area contributed by atoms with Gasteiger partial charge in [0.05, 0.1) is 7.11 Å². The molecule has 4 fully saturated rings. The Morgan fingerprint density at radius 2 is 1.64 bits per heavy atom. The number of hydrogen-bond donors (Lipinski definition) is 0. The summed E-state index contributed by atoms with van der Waals surface area (Å²) in [4.78, 5) is 11.9. The Kier molecular flexibility index (Phi) is 7.95. The molecule has 0 amide bonds. The molecule has 10 atom stereocenters. The van der Waals surface area contributed by atoms with Crippen molar-refractivity contribution >= 4 is 14.3 Å².